The summed E-state index contributed by atoms with van der Waals surface area (Å²) in [6.45, 7) is 2.99. The van der Waals surface area contributed by atoms with Gasteiger partial charge >= 0.3 is 0 Å². The van der Waals surface area contributed by atoms with Crippen molar-refractivity contribution in [3.8, 4) is 11.4 Å². The lowest BCUT2D eigenvalue weighted by atomic mass is 9.85. The zero-order valence-electron chi connectivity index (χ0n) is 16.1. The van der Waals surface area contributed by atoms with E-state index < -0.39 is 0 Å². The SMILES string of the molecule is Cc1ccc(-c2nnc3n2CCCCC3)cc1NC(=O)C1CCCC(N)C1. The Morgan fingerprint density at radius 2 is 2.07 bits per heavy atom. The average molecular weight is 367 g/mol. The van der Waals surface area contributed by atoms with Crippen LogP contribution in [0, 0.1) is 12.8 Å². The summed E-state index contributed by atoms with van der Waals surface area (Å²) >= 11 is 0. The predicted molar refractivity (Wildman–Crippen MR) is 106 cm³/mol. The monoisotopic (exact) mass is 367 g/mol. The van der Waals surface area contributed by atoms with Gasteiger partial charge < -0.3 is 15.6 Å². The number of hydrogen-bond donors (Lipinski definition) is 2. The lowest BCUT2D eigenvalue weighted by Crippen LogP contribution is -2.34. The molecule has 1 saturated carbocycles. The Hall–Kier alpha value is -2.21. The molecule has 1 aromatic heterocycles. The molecule has 1 aliphatic carbocycles. The number of carbonyl (C=O) groups is 1. The Morgan fingerprint density at radius 1 is 1.19 bits per heavy atom. The van der Waals surface area contributed by atoms with Gasteiger partial charge in [-0.05, 0) is 50.7 Å². The van der Waals surface area contributed by atoms with Crippen molar-refractivity contribution in [1.82, 2.24) is 14.8 Å². The number of nitrogens with zero attached hydrogens (tertiary/aromatic N) is 3. The Morgan fingerprint density at radius 3 is 2.93 bits per heavy atom. The molecule has 1 amide bonds. The normalized spacial score (nSPS) is 22.7. The van der Waals surface area contributed by atoms with E-state index >= 15 is 0 Å². The first kappa shape index (κ1) is 18.2. The van der Waals surface area contributed by atoms with E-state index in [0.717, 1.165) is 73.5 Å². The van der Waals surface area contributed by atoms with E-state index in [1.54, 1.807) is 0 Å². The fourth-order valence-corrected chi connectivity index (χ4v) is 4.29. The summed E-state index contributed by atoms with van der Waals surface area (Å²) in [6.07, 6.45) is 8.33. The molecule has 1 fully saturated rings. The first-order valence-electron chi connectivity index (χ1n) is 10.2. The number of amides is 1. The number of anilines is 1. The molecule has 2 unspecified atom stereocenters. The van der Waals surface area contributed by atoms with Crippen LogP contribution in [0.1, 0.15) is 56.3 Å². The van der Waals surface area contributed by atoms with Gasteiger partial charge in [-0.25, -0.2) is 0 Å². The van der Waals surface area contributed by atoms with Crippen molar-refractivity contribution < 1.29 is 4.79 Å². The average Bonchev–Trinajstić information content (AvgIpc) is 2.91. The summed E-state index contributed by atoms with van der Waals surface area (Å²) < 4.78 is 2.24. The van der Waals surface area contributed by atoms with Gasteiger partial charge in [0.2, 0.25) is 5.91 Å². The third-order valence-corrected chi connectivity index (χ3v) is 5.95. The Balaban J connectivity index is 1.57. The summed E-state index contributed by atoms with van der Waals surface area (Å²) in [5.74, 6) is 2.08. The molecule has 2 atom stereocenters. The molecule has 3 N–H and O–H groups in total. The minimum atomic E-state index is 0.0150. The molecule has 2 aromatic rings. The van der Waals surface area contributed by atoms with E-state index in [-0.39, 0.29) is 17.9 Å². The first-order valence-corrected chi connectivity index (χ1v) is 10.2. The number of nitrogens with one attached hydrogen (secondary N) is 1. The highest BCUT2D eigenvalue weighted by Gasteiger charge is 2.26. The van der Waals surface area contributed by atoms with Crippen molar-refractivity contribution in [3.63, 3.8) is 0 Å². The molecule has 2 aliphatic rings. The topological polar surface area (TPSA) is 85.8 Å². The number of hydrogen-bond acceptors (Lipinski definition) is 4. The number of fused-ring (bicyclic) bond motifs is 1. The minimum absolute atomic E-state index is 0.0150. The summed E-state index contributed by atoms with van der Waals surface area (Å²) in [6, 6.07) is 6.31. The van der Waals surface area contributed by atoms with E-state index in [4.69, 9.17) is 5.73 Å². The number of benzene rings is 1. The molecule has 2 heterocycles. The molecule has 0 saturated heterocycles. The maximum atomic E-state index is 12.7. The number of aromatic nitrogens is 3. The summed E-state index contributed by atoms with van der Waals surface area (Å²) in [7, 11) is 0. The second-order valence-corrected chi connectivity index (χ2v) is 8.04. The Kier molecular flexibility index (Phi) is 5.25. The zero-order valence-corrected chi connectivity index (χ0v) is 16.1. The fourth-order valence-electron chi connectivity index (χ4n) is 4.29. The fraction of sp³-hybridized carbons (Fsp3) is 0.571. The molecular formula is C21H29N5O. The van der Waals surface area contributed by atoms with Crippen LogP contribution >= 0.6 is 0 Å². The second kappa shape index (κ2) is 7.80. The van der Waals surface area contributed by atoms with Gasteiger partial charge in [-0.3, -0.25) is 4.79 Å². The molecule has 4 rings (SSSR count). The van der Waals surface area contributed by atoms with Gasteiger partial charge in [0.05, 0.1) is 0 Å². The van der Waals surface area contributed by atoms with Gasteiger partial charge in [0.15, 0.2) is 5.82 Å². The number of aryl methyl sites for hydroxylation is 2. The van der Waals surface area contributed by atoms with Gasteiger partial charge in [0.25, 0.3) is 0 Å². The van der Waals surface area contributed by atoms with Crippen LogP contribution in [0.3, 0.4) is 0 Å². The summed E-state index contributed by atoms with van der Waals surface area (Å²) in [5, 5.41) is 12.0. The van der Waals surface area contributed by atoms with Crippen LogP contribution in [0.2, 0.25) is 0 Å². The second-order valence-electron chi connectivity index (χ2n) is 8.04. The van der Waals surface area contributed by atoms with E-state index in [2.05, 4.69) is 32.2 Å². The Bertz CT molecular complexity index is 828. The van der Waals surface area contributed by atoms with E-state index in [1.165, 1.54) is 12.8 Å². The summed E-state index contributed by atoms with van der Waals surface area (Å²) in [5.41, 5.74) is 8.99. The van der Waals surface area contributed by atoms with E-state index in [0.29, 0.717) is 0 Å². The highest BCUT2D eigenvalue weighted by atomic mass is 16.1. The molecule has 0 radical (unpaired) electrons. The van der Waals surface area contributed by atoms with E-state index in [1.807, 2.05) is 13.0 Å². The molecule has 144 valence electrons. The van der Waals surface area contributed by atoms with Gasteiger partial charge in [-0.2, -0.15) is 0 Å². The zero-order chi connectivity index (χ0) is 18.8. The van der Waals surface area contributed by atoms with Crippen molar-refractivity contribution in [3.05, 3.63) is 29.6 Å². The van der Waals surface area contributed by atoms with Gasteiger partial charge in [-0.15, -0.1) is 10.2 Å². The van der Waals surface area contributed by atoms with Crippen LogP contribution in [0.5, 0.6) is 0 Å². The molecule has 27 heavy (non-hydrogen) atoms. The number of nitrogens with two attached hydrogens (primary N) is 1. The standard InChI is InChI=1S/C21H29N5O/c1-14-9-10-15(20-25-24-19-8-3-2-4-11-26(19)20)13-18(14)23-21(27)16-6-5-7-17(22)12-16/h9-10,13,16-17H,2-8,11-12,22H2,1H3,(H,23,27). The molecule has 0 spiro atoms. The van der Waals surface area contributed by atoms with Gasteiger partial charge in [-0.1, -0.05) is 25.0 Å². The molecular weight excluding hydrogens is 338 g/mol. The third kappa shape index (κ3) is 3.90. The van der Waals surface area contributed by atoms with Crippen molar-refractivity contribution in [2.24, 2.45) is 11.7 Å². The smallest absolute Gasteiger partial charge is 0.227 e. The van der Waals surface area contributed by atoms with Crippen LogP contribution in [0.25, 0.3) is 11.4 Å². The van der Waals surface area contributed by atoms with Crippen molar-refractivity contribution in [1.29, 1.82) is 0 Å². The van der Waals surface area contributed by atoms with Crippen molar-refractivity contribution >= 4 is 11.6 Å². The van der Waals surface area contributed by atoms with Crippen LogP contribution < -0.4 is 11.1 Å². The summed E-state index contributed by atoms with van der Waals surface area (Å²) in [4.78, 5) is 12.7. The Labute approximate surface area is 160 Å². The molecule has 6 heteroatoms. The van der Waals surface area contributed by atoms with Crippen LogP contribution in [-0.2, 0) is 17.8 Å². The van der Waals surface area contributed by atoms with Crippen LogP contribution in [-0.4, -0.2) is 26.7 Å². The van der Waals surface area contributed by atoms with Gasteiger partial charge in [0, 0.05) is 36.2 Å². The van der Waals surface area contributed by atoms with Crippen molar-refractivity contribution in [2.75, 3.05) is 5.32 Å². The van der Waals surface area contributed by atoms with E-state index in [9.17, 15) is 4.79 Å². The van der Waals surface area contributed by atoms with Crippen LogP contribution in [0.4, 0.5) is 5.69 Å². The molecule has 1 aromatic carbocycles. The van der Waals surface area contributed by atoms with Crippen molar-refractivity contribution in [2.45, 2.75) is 70.9 Å². The number of rotatable bonds is 3. The minimum Gasteiger partial charge on any atom is -0.328 e. The highest BCUT2D eigenvalue weighted by molar-refractivity contribution is 5.94. The lowest BCUT2D eigenvalue weighted by Gasteiger charge is -2.26. The third-order valence-electron chi connectivity index (χ3n) is 5.95. The first-order chi connectivity index (χ1) is 13.1. The predicted octanol–water partition coefficient (Wildman–Crippen LogP) is 3.44. The maximum Gasteiger partial charge on any atom is 0.227 e. The largest absolute Gasteiger partial charge is 0.328 e. The molecule has 1 aliphatic heterocycles. The quantitative estimate of drug-likeness (QED) is 0.870. The molecule has 6 nitrogen and oxygen atoms in total. The number of carbonyl (C=O) groups excluding carboxylic acids is 1. The van der Waals surface area contributed by atoms with Crippen LogP contribution in [0.15, 0.2) is 18.2 Å². The lowest BCUT2D eigenvalue weighted by molar-refractivity contribution is -0.120. The maximum absolute atomic E-state index is 12.7. The molecule has 0 bridgehead atoms. The highest BCUT2D eigenvalue weighted by Crippen LogP contribution is 2.29. The van der Waals surface area contributed by atoms with Gasteiger partial charge in [0.1, 0.15) is 5.82 Å².